The summed E-state index contributed by atoms with van der Waals surface area (Å²) in [6.07, 6.45) is 2.91. The van der Waals surface area contributed by atoms with Crippen molar-refractivity contribution in [2.45, 2.75) is 13.8 Å². The lowest BCUT2D eigenvalue weighted by atomic mass is 11.0. The lowest BCUT2D eigenvalue weighted by molar-refractivity contribution is 0.458. The summed E-state index contributed by atoms with van der Waals surface area (Å²) in [6, 6.07) is 0. The van der Waals surface area contributed by atoms with Gasteiger partial charge in [0.05, 0.1) is 0 Å². The second kappa shape index (κ2) is 10.8. The van der Waals surface area contributed by atoms with Crippen LogP contribution in [-0.4, -0.2) is 12.1 Å². The molecule has 0 heterocycles. The number of nitrogens with zero attached hydrogens (tertiary/aromatic N) is 3. The van der Waals surface area contributed by atoms with Gasteiger partial charge in [-0.2, -0.15) is 0 Å². The lowest BCUT2D eigenvalue weighted by Gasteiger charge is -1.98. The minimum Gasteiger partial charge on any atom is -0.258 e. The van der Waals surface area contributed by atoms with Crippen LogP contribution < -0.4 is 0 Å². The third kappa shape index (κ3) is 9.99. The Morgan fingerprint density at radius 1 is 1.30 bits per heavy atom. The first-order valence-corrected chi connectivity index (χ1v) is 3.18. The maximum absolute atomic E-state index is 3.58. The van der Waals surface area contributed by atoms with Gasteiger partial charge in [-0.3, -0.25) is 5.01 Å². The molecule has 10 heavy (non-hydrogen) atoms. The Hall–Kier alpha value is -1.12. The molecule has 3 heteroatoms. The Kier molecular flexibility index (Phi) is 12.6. The molecule has 0 spiro atoms. The van der Waals surface area contributed by atoms with Crippen molar-refractivity contribution in [3.63, 3.8) is 0 Å². The van der Waals surface area contributed by atoms with Gasteiger partial charge in [-0.25, -0.2) is 0 Å². The van der Waals surface area contributed by atoms with Gasteiger partial charge in [0, 0.05) is 19.4 Å². The van der Waals surface area contributed by atoms with E-state index in [9.17, 15) is 0 Å². The molecule has 0 aromatic rings. The lowest BCUT2D eigenvalue weighted by Crippen LogP contribution is -1.96. The Bertz CT molecular complexity index is 107. The molecule has 58 valence electrons. The van der Waals surface area contributed by atoms with Crippen molar-refractivity contribution >= 4 is 0 Å². The van der Waals surface area contributed by atoms with Crippen molar-refractivity contribution in [1.82, 2.24) is 5.01 Å². The van der Waals surface area contributed by atoms with E-state index in [1.807, 2.05) is 13.8 Å². The fourth-order valence-corrected chi connectivity index (χ4v) is 0.154. The smallest absolute Gasteiger partial charge is 0.0441 e. The molecule has 0 amide bonds. The Morgan fingerprint density at radius 2 is 1.80 bits per heavy atom. The van der Waals surface area contributed by atoms with Gasteiger partial charge in [0.25, 0.3) is 0 Å². The Morgan fingerprint density at radius 3 is 2.10 bits per heavy atom. The fraction of sp³-hybridized carbons (Fsp3) is 0.429. The van der Waals surface area contributed by atoms with Gasteiger partial charge in [-0.05, 0) is 0 Å². The summed E-state index contributed by atoms with van der Waals surface area (Å²) in [4.78, 5) is 0. The molecular weight excluding hydrogens is 126 g/mol. The standard InChI is InChI=1S/C5H9N3.C2H6/c1-4-6-7-8(3)5-2;1-2/h4-5H,1-2H2,3H3;1-2H3. The van der Waals surface area contributed by atoms with Crippen LogP contribution in [0, 0.1) is 0 Å². The van der Waals surface area contributed by atoms with Crippen molar-refractivity contribution in [2.75, 3.05) is 7.05 Å². The van der Waals surface area contributed by atoms with Crippen LogP contribution in [-0.2, 0) is 0 Å². The summed E-state index contributed by atoms with van der Waals surface area (Å²) in [5, 5.41) is 8.56. The summed E-state index contributed by atoms with van der Waals surface area (Å²) in [7, 11) is 1.74. The van der Waals surface area contributed by atoms with Crippen LogP contribution in [0.15, 0.2) is 35.9 Å². The highest BCUT2D eigenvalue weighted by Gasteiger charge is 1.74. The van der Waals surface area contributed by atoms with Gasteiger partial charge in [-0.15, -0.1) is 5.11 Å². The molecule has 0 rings (SSSR count). The van der Waals surface area contributed by atoms with Gasteiger partial charge in [0.15, 0.2) is 0 Å². The molecule has 0 atom stereocenters. The van der Waals surface area contributed by atoms with Gasteiger partial charge >= 0.3 is 0 Å². The monoisotopic (exact) mass is 141 g/mol. The number of hydrogen-bond donors (Lipinski definition) is 0. The maximum atomic E-state index is 3.58. The molecule has 0 aliphatic rings. The molecule has 0 fully saturated rings. The van der Waals surface area contributed by atoms with E-state index in [0.717, 1.165) is 0 Å². The van der Waals surface area contributed by atoms with E-state index in [1.54, 1.807) is 13.2 Å². The third-order valence-electron chi connectivity index (χ3n) is 0.539. The zero-order chi connectivity index (χ0) is 8.41. The minimum absolute atomic E-state index is 1.36. The Labute approximate surface area is 62.7 Å². The van der Waals surface area contributed by atoms with Crippen molar-refractivity contribution in [2.24, 2.45) is 10.3 Å². The topological polar surface area (TPSA) is 28.0 Å². The predicted octanol–water partition coefficient (Wildman–Crippen LogP) is 2.60. The quantitative estimate of drug-likeness (QED) is 0.438. The fourth-order valence-electron chi connectivity index (χ4n) is 0.154. The molecule has 0 N–H and O–H groups in total. The minimum atomic E-state index is 1.36. The van der Waals surface area contributed by atoms with Crippen LogP contribution in [0.5, 0.6) is 0 Å². The first kappa shape index (κ1) is 11.6. The average molecular weight is 141 g/mol. The zero-order valence-electron chi connectivity index (χ0n) is 6.91. The zero-order valence-corrected chi connectivity index (χ0v) is 6.91. The van der Waals surface area contributed by atoms with Gasteiger partial charge < -0.3 is 0 Å². The molecule has 0 aromatic carbocycles. The van der Waals surface area contributed by atoms with Crippen molar-refractivity contribution < 1.29 is 0 Å². The van der Waals surface area contributed by atoms with Crippen molar-refractivity contribution in [3.8, 4) is 0 Å². The molecule has 3 nitrogen and oxygen atoms in total. The van der Waals surface area contributed by atoms with Crippen molar-refractivity contribution in [1.29, 1.82) is 0 Å². The largest absolute Gasteiger partial charge is 0.258 e. The van der Waals surface area contributed by atoms with Crippen LogP contribution >= 0.6 is 0 Å². The highest BCUT2D eigenvalue weighted by Crippen LogP contribution is 1.83. The second-order valence-corrected chi connectivity index (χ2v) is 1.14. The molecule has 0 saturated heterocycles. The number of rotatable bonds is 3. The SMILES string of the molecule is C=CN=NN(C)C=C.CC. The number of hydrogen-bond acceptors (Lipinski definition) is 2. The van der Waals surface area contributed by atoms with E-state index in [-0.39, 0.29) is 0 Å². The van der Waals surface area contributed by atoms with Crippen LogP contribution in [0.25, 0.3) is 0 Å². The molecule has 0 bridgehead atoms. The van der Waals surface area contributed by atoms with Gasteiger partial charge in [0.2, 0.25) is 0 Å². The van der Waals surface area contributed by atoms with Crippen LogP contribution in [0.4, 0.5) is 0 Å². The van der Waals surface area contributed by atoms with Crippen LogP contribution in [0.2, 0.25) is 0 Å². The summed E-state index contributed by atoms with van der Waals surface area (Å²) >= 11 is 0. The second-order valence-electron chi connectivity index (χ2n) is 1.14. The summed E-state index contributed by atoms with van der Waals surface area (Å²) < 4.78 is 0. The summed E-state index contributed by atoms with van der Waals surface area (Å²) in [5.74, 6) is 0. The van der Waals surface area contributed by atoms with Gasteiger partial charge in [0.1, 0.15) is 0 Å². The van der Waals surface area contributed by atoms with E-state index in [0.29, 0.717) is 0 Å². The van der Waals surface area contributed by atoms with Crippen LogP contribution in [0.1, 0.15) is 13.8 Å². The Balaban J connectivity index is 0. The predicted molar refractivity (Wildman–Crippen MR) is 44.4 cm³/mol. The molecule has 0 aliphatic heterocycles. The average Bonchev–Trinajstić information content (AvgIpc) is 2.04. The molecule has 0 unspecified atom stereocenters. The first-order valence-electron chi connectivity index (χ1n) is 3.18. The van der Waals surface area contributed by atoms with E-state index >= 15 is 0 Å². The van der Waals surface area contributed by atoms with Crippen molar-refractivity contribution in [3.05, 3.63) is 25.6 Å². The summed E-state index contributed by atoms with van der Waals surface area (Å²) in [5.41, 5.74) is 0. The molecule has 0 saturated carbocycles. The maximum Gasteiger partial charge on any atom is 0.0441 e. The van der Waals surface area contributed by atoms with Crippen LogP contribution in [0.3, 0.4) is 0 Å². The summed E-state index contributed by atoms with van der Waals surface area (Å²) in [6.45, 7) is 10.8. The molecule has 0 aliphatic carbocycles. The van der Waals surface area contributed by atoms with E-state index in [1.165, 1.54) is 11.2 Å². The highest BCUT2D eigenvalue weighted by atomic mass is 15.5. The molecular formula is C7H15N3. The van der Waals surface area contributed by atoms with E-state index in [2.05, 4.69) is 23.5 Å². The van der Waals surface area contributed by atoms with E-state index < -0.39 is 0 Å². The first-order chi connectivity index (χ1) is 4.81. The third-order valence-corrected chi connectivity index (χ3v) is 0.539. The van der Waals surface area contributed by atoms with E-state index in [4.69, 9.17) is 0 Å². The normalized spacial score (nSPS) is 7.90. The molecule has 0 aromatic heterocycles. The highest BCUT2D eigenvalue weighted by molar-refractivity contribution is 4.62. The molecule has 0 radical (unpaired) electrons. The van der Waals surface area contributed by atoms with Gasteiger partial charge in [-0.1, -0.05) is 32.2 Å².